The molecule has 2 heteroatoms. The Balaban J connectivity index is 3.75. The minimum Gasteiger partial charge on any atom is -0.553 e. The lowest BCUT2D eigenvalue weighted by Gasteiger charge is -2.32. The molecule has 0 unspecified atom stereocenters. The molecule has 0 fully saturated rings. The van der Waals surface area contributed by atoms with E-state index in [1.807, 2.05) is 0 Å². The summed E-state index contributed by atoms with van der Waals surface area (Å²) in [6.07, 6.45) is 0. The molecule has 0 heterocycles. The topological polar surface area (TPSA) is 9.23 Å². The van der Waals surface area contributed by atoms with Crippen molar-refractivity contribution in [2.24, 2.45) is 0 Å². The number of hydrogen-bond acceptors (Lipinski definition) is 1. The van der Waals surface area contributed by atoms with E-state index in [1.165, 1.54) is 16.7 Å². The maximum absolute atomic E-state index is 5.94. The van der Waals surface area contributed by atoms with Gasteiger partial charge < -0.3 is 4.43 Å². The first-order valence-corrected chi connectivity index (χ1v) is 8.33. The highest BCUT2D eigenvalue weighted by Gasteiger charge is 2.29. The standard InChI is InChI=1S/C18H32OSi/c1-16(2,3)12-10-13(17(4,5)6)15(19-20)14(11-12)18(7,8)9/h10-11H,1-9,20H3. The van der Waals surface area contributed by atoms with E-state index in [4.69, 9.17) is 4.43 Å². The molecule has 0 saturated heterocycles. The fourth-order valence-corrected chi connectivity index (χ4v) is 2.84. The van der Waals surface area contributed by atoms with Crippen molar-refractivity contribution in [3.05, 3.63) is 28.8 Å². The first-order valence-electron chi connectivity index (χ1n) is 7.52. The zero-order chi connectivity index (χ0) is 15.9. The first-order chi connectivity index (χ1) is 8.78. The van der Waals surface area contributed by atoms with Gasteiger partial charge in [-0.05, 0) is 32.9 Å². The van der Waals surface area contributed by atoms with Crippen LogP contribution in [0, 0.1) is 0 Å². The fourth-order valence-electron chi connectivity index (χ4n) is 2.40. The van der Waals surface area contributed by atoms with Crippen LogP contribution >= 0.6 is 0 Å². The number of rotatable bonds is 1. The van der Waals surface area contributed by atoms with E-state index in [2.05, 4.69) is 74.4 Å². The van der Waals surface area contributed by atoms with E-state index in [0.717, 1.165) is 16.2 Å². The largest absolute Gasteiger partial charge is 0.553 e. The molecular weight excluding hydrogens is 260 g/mol. The SMILES string of the molecule is CC(C)(C)c1cc(C(C)(C)C)c(O[SiH3])c(C(C)(C)C)c1. The monoisotopic (exact) mass is 292 g/mol. The van der Waals surface area contributed by atoms with Crippen LogP contribution in [0.15, 0.2) is 12.1 Å². The van der Waals surface area contributed by atoms with Crippen molar-refractivity contribution < 1.29 is 4.43 Å². The maximum Gasteiger partial charge on any atom is 0.204 e. The Kier molecular flexibility index (Phi) is 4.51. The number of hydrogen-bond donors (Lipinski definition) is 0. The predicted octanol–water partition coefficient (Wildman–Crippen LogP) is 4.24. The van der Waals surface area contributed by atoms with E-state index in [0.29, 0.717) is 0 Å². The van der Waals surface area contributed by atoms with Crippen LogP contribution in [-0.2, 0) is 16.2 Å². The lowest BCUT2D eigenvalue weighted by molar-refractivity contribution is 0.493. The van der Waals surface area contributed by atoms with Gasteiger partial charge in [-0.3, -0.25) is 0 Å². The van der Waals surface area contributed by atoms with E-state index in [9.17, 15) is 0 Å². The zero-order valence-corrected chi connectivity index (χ0v) is 17.1. The quantitative estimate of drug-likeness (QED) is 0.704. The fraction of sp³-hybridized carbons (Fsp3) is 0.667. The summed E-state index contributed by atoms with van der Waals surface area (Å²) in [6.45, 7) is 20.5. The average Bonchev–Trinajstić information content (AvgIpc) is 2.23. The van der Waals surface area contributed by atoms with Crippen molar-refractivity contribution in [1.29, 1.82) is 0 Å². The highest BCUT2D eigenvalue weighted by Crippen LogP contribution is 2.42. The minimum atomic E-state index is 0.0982. The van der Waals surface area contributed by atoms with E-state index < -0.39 is 0 Å². The molecule has 1 nitrogen and oxygen atoms in total. The lowest BCUT2D eigenvalue weighted by Crippen LogP contribution is -2.22. The third kappa shape index (κ3) is 3.66. The van der Waals surface area contributed by atoms with Gasteiger partial charge in [0.15, 0.2) is 0 Å². The van der Waals surface area contributed by atoms with E-state index >= 15 is 0 Å². The third-order valence-electron chi connectivity index (χ3n) is 3.78. The van der Waals surface area contributed by atoms with Crippen LogP contribution in [0.4, 0.5) is 0 Å². The van der Waals surface area contributed by atoms with Crippen LogP contribution in [0.1, 0.15) is 79.0 Å². The number of benzene rings is 1. The molecule has 0 aliphatic heterocycles. The van der Waals surface area contributed by atoms with Crippen molar-refractivity contribution in [2.75, 3.05) is 0 Å². The molecule has 1 aromatic carbocycles. The van der Waals surface area contributed by atoms with Gasteiger partial charge in [0.05, 0.1) is 0 Å². The highest BCUT2D eigenvalue weighted by molar-refractivity contribution is 6.00. The van der Waals surface area contributed by atoms with Gasteiger partial charge in [0.25, 0.3) is 0 Å². The van der Waals surface area contributed by atoms with Crippen LogP contribution in [0.3, 0.4) is 0 Å². The molecule has 0 saturated carbocycles. The second kappa shape index (κ2) is 5.21. The van der Waals surface area contributed by atoms with Crippen LogP contribution < -0.4 is 4.43 Å². The Labute approximate surface area is 128 Å². The van der Waals surface area contributed by atoms with Crippen molar-refractivity contribution in [2.45, 2.75) is 78.6 Å². The predicted molar refractivity (Wildman–Crippen MR) is 93.1 cm³/mol. The van der Waals surface area contributed by atoms with Gasteiger partial charge in [0.2, 0.25) is 10.5 Å². The van der Waals surface area contributed by atoms with Gasteiger partial charge in [-0.15, -0.1) is 0 Å². The summed E-state index contributed by atoms with van der Waals surface area (Å²) in [5.74, 6) is 1.12. The summed E-state index contributed by atoms with van der Waals surface area (Å²) in [5, 5.41) is 0. The minimum absolute atomic E-state index is 0.0982. The summed E-state index contributed by atoms with van der Waals surface area (Å²) in [6, 6.07) is 4.70. The molecule has 0 aliphatic rings. The molecule has 1 aromatic rings. The molecule has 114 valence electrons. The van der Waals surface area contributed by atoms with Crippen molar-refractivity contribution in [1.82, 2.24) is 0 Å². The Morgan fingerprint density at radius 3 is 1.25 bits per heavy atom. The van der Waals surface area contributed by atoms with E-state index in [1.54, 1.807) is 0 Å². The van der Waals surface area contributed by atoms with Crippen LogP contribution in [0.25, 0.3) is 0 Å². The van der Waals surface area contributed by atoms with Gasteiger partial charge in [-0.25, -0.2) is 0 Å². The molecule has 0 radical (unpaired) electrons. The van der Waals surface area contributed by atoms with Crippen molar-refractivity contribution in [3.8, 4) is 5.75 Å². The highest BCUT2D eigenvalue weighted by atomic mass is 28.2. The molecule has 20 heavy (non-hydrogen) atoms. The average molecular weight is 293 g/mol. The lowest BCUT2D eigenvalue weighted by atomic mass is 9.75. The van der Waals surface area contributed by atoms with Gasteiger partial charge in [0, 0.05) is 0 Å². The van der Waals surface area contributed by atoms with Crippen LogP contribution in [0.2, 0.25) is 0 Å². The summed E-state index contributed by atoms with van der Waals surface area (Å²) >= 11 is 0. The van der Waals surface area contributed by atoms with Gasteiger partial charge in [0.1, 0.15) is 5.75 Å². The normalized spacial score (nSPS) is 13.7. The Morgan fingerprint density at radius 1 is 0.700 bits per heavy atom. The van der Waals surface area contributed by atoms with Crippen LogP contribution in [0.5, 0.6) is 5.75 Å². The van der Waals surface area contributed by atoms with Gasteiger partial charge >= 0.3 is 0 Å². The molecule has 0 spiro atoms. The molecule has 0 atom stereocenters. The van der Waals surface area contributed by atoms with E-state index in [-0.39, 0.29) is 16.2 Å². The second-order valence-electron chi connectivity index (χ2n) is 8.85. The molecule has 1 rings (SSSR count). The summed E-state index contributed by atoms with van der Waals surface area (Å²) in [4.78, 5) is 0. The first kappa shape index (κ1) is 17.3. The Hall–Kier alpha value is -0.763. The molecule has 0 bridgehead atoms. The van der Waals surface area contributed by atoms with Gasteiger partial charge in [-0.1, -0.05) is 74.4 Å². The Morgan fingerprint density at radius 2 is 1.05 bits per heavy atom. The molecule has 0 aromatic heterocycles. The third-order valence-corrected chi connectivity index (χ3v) is 4.18. The molecule has 0 amide bonds. The maximum atomic E-state index is 5.94. The molecule has 0 N–H and O–H groups in total. The summed E-state index contributed by atoms with van der Waals surface area (Å²) in [7, 11) is 0.728. The molecule has 0 aliphatic carbocycles. The Bertz CT molecular complexity index is 447. The van der Waals surface area contributed by atoms with Gasteiger partial charge in [-0.2, -0.15) is 0 Å². The summed E-state index contributed by atoms with van der Waals surface area (Å²) in [5.41, 5.74) is 4.43. The zero-order valence-electron chi connectivity index (χ0n) is 15.1. The van der Waals surface area contributed by atoms with Crippen molar-refractivity contribution in [3.63, 3.8) is 0 Å². The smallest absolute Gasteiger partial charge is 0.204 e. The summed E-state index contributed by atoms with van der Waals surface area (Å²) < 4.78 is 5.94. The van der Waals surface area contributed by atoms with Crippen LogP contribution in [-0.4, -0.2) is 10.5 Å². The second-order valence-corrected chi connectivity index (χ2v) is 9.26. The van der Waals surface area contributed by atoms with Crippen molar-refractivity contribution >= 4 is 10.5 Å². The molecular formula is C18H32OSi.